The van der Waals surface area contributed by atoms with Crippen LogP contribution in [0.3, 0.4) is 0 Å². The number of aliphatic hydroxyl groups excluding tert-OH is 1. The van der Waals surface area contributed by atoms with Crippen LogP contribution in [0, 0.1) is 0 Å². The molecular formula is C22H47NO. The van der Waals surface area contributed by atoms with Gasteiger partial charge < -0.3 is 10.0 Å². The molecule has 0 saturated carbocycles. The highest BCUT2D eigenvalue weighted by Crippen LogP contribution is 2.15. The van der Waals surface area contributed by atoms with Crippen molar-refractivity contribution >= 4 is 0 Å². The van der Waals surface area contributed by atoms with Gasteiger partial charge in [0.05, 0.1) is 6.10 Å². The van der Waals surface area contributed by atoms with E-state index in [0.717, 1.165) is 6.42 Å². The van der Waals surface area contributed by atoms with E-state index < -0.39 is 0 Å². The molecule has 0 aliphatic rings. The Hall–Kier alpha value is -0.0800. The van der Waals surface area contributed by atoms with Crippen molar-refractivity contribution in [2.75, 3.05) is 14.1 Å². The Bertz CT molecular complexity index is 232. The van der Waals surface area contributed by atoms with Crippen molar-refractivity contribution in [1.82, 2.24) is 4.90 Å². The van der Waals surface area contributed by atoms with E-state index in [1.165, 1.54) is 96.3 Å². The highest BCUT2D eigenvalue weighted by molar-refractivity contribution is 4.71. The van der Waals surface area contributed by atoms with Crippen LogP contribution in [0.5, 0.6) is 0 Å². The summed E-state index contributed by atoms with van der Waals surface area (Å²) in [5.41, 5.74) is 0. The Morgan fingerprint density at radius 1 is 0.625 bits per heavy atom. The van der Waals surface area contributed by atoms with Crippen LogP contribution in [-0.4, -0.2) is 36.2 Å². The number of aliphatic hydroxyl groups is 1. The van der Waals surface area contributed by atoms with Crippen molar-refractivity contribution < 1.29 is 5.11 Å². The minimum Gasteiger partial charge on any atom is -0.392 e. The van der Waals surface area contributed by atoms with Gasteiger partial charge >= 0.3 is 0 Å². The summed E-state index contributed by atoms with van der Waals surface area (Å²) in [7, 11) is 4.14. The Morgan fingerprint density at radius 3 is 1.25 bits per heavy atom. The first-order valence-corrected chi connectivity index (χ1v) is 10.9. The first kappa shape index (κ1) is 23.9. The highest BCUT2D eigenvalue weighted by Gasteiger charge is 2.16. The first-order valence-electron chi connectivity index (χ1n) is 10.9. The number of nitrogens with zero attached hydrogens (tertiary/aromatic N) is 1. The molecule has 0 aromatic heterocycles. The lowest BCUT2D eigenvalue weighted by Gasteiger charge is -2.26. The van der Waals surface area contributed by atoms with Gasteiger partial charge in [-0.05, 0) is 27.4 Å². The summed E-state index contributed by atoms with van der Waals surface area (Å²) in [5, 5.41) is 9.76. The van der Waals surface area contributed by atoms with Gasteiger partial charge in [0.15, 0.2) is 0 Å². The number of rotatable bonds is 18. The minimum absolute atomic E-state index is 0.216. The molecule has 146 valence electrons. The Balaban J connectivity index is 3.20. The summed E-state index contributed by atoms with van der Waals surface area (Å²) in [4.78, 5) is 2.16. The molecule has 2 atom stereocenters. The van der Waals surface area contributed by atoms with Crippen LogP contribution in [-0.2, 0) is 0 Å². The Morgan fingerprint density at radius 2 is 0.958 bits per heavy atom. The maximum atomic E-state index is 9.76. The lowest BCUT2D eigenvalue weighted by Crippen LogP contribution is -2.37. The lowest BCUT2D eigenvalue weighted by atomic mass is 10.0. The van der Waals surface area contributed by atoms with Crippen LogP contribution < -0.4 is 0 Å². The summed E-state index contributed by atoms with van der Waals surface area (Å²) in [6, 6.07) is 0.326. The van der Waals surface area contributed by atoms with Crippen LogP contribution in [0.25, 0.3) is 0 Å². The molecule has 1 N–H and O–H groups in total. The molecular weight excluding hydrogens is 294 g/mol. The number of likely N-dealkylation sites (N-methyl/N-ethyl adjacent to an activating group) is 1. The van der Waals surface area contributed by atoms with Crippen molar-refractivity contribution in [2.24, 2.45) is 0 Å². The smallest absolute Gasteiger partial charge is 0.0667 e. The van der Waals surface area contributed by atoms with Crippen LogP contribution in [0.15, 0.2) is 0 Å². The van der Waals surface area contributed by atoms with Gasteiger partial charge in [0.25, 0.3) is 0 Å². The standard InChI is InChI=1S/C22H47NO/c1-5-6-7-8-9-10-11-12-13-14-15-16-17-18-19-20-22(21(2)24)23(3)4/h21-22,24H,5-20H2,1-4H3. The van der Waals surface area contributed by atoms with Crippen molar-refractivity contribution in [3.8, 4) is 0 Å². The summed E-state index contributed by atoms with van der Waals surface area (Å²) < 4.78 is 0. The average molecular weight is 342 g/mol. The van der Waals surface area contributed by atoms with E-state index in [-0.39, 0.29) is 6.10 Å². The van der Waals surface area contributed by atoms with E-state index in [1.54, 1.807) is 0 Å². The predicted octanol–water partition coefficient (Wildman–Crippen LogP) is 6.56. The van der Waals surface area contributed by atoms with Crippen molar-refractivity contribution in [3.63, 3.8) is 0 Å². The van der Waals surface area contributed by atoms with E-state index >= 15 is 0 Å². The minimum atomic E-state index is -0.216. The molecule has 0 bridgehead atoms. The summed E-state index contributed by atoms with van der Waals surface area (Å²) in [6.45, 7) is 4.20. The molecule has 0 aliphatic carbocycles. The molecule has 2 heteroatoms. The molecule has 0 aromatic rings. The molecule has 2 unspecified atom stereocenters. The highest BCUT2D eigenvalue weighted by atomic mass is 16.3. The number of unbranched alkanes of at least 4 members (excludes halogenated alkanes) is 14. The Kier molecular flexibility index (Phi) is 17.7. The maximum absolute atomic E-state index is 9.76. The van der Waals surface area contributed by atoms with Crippen LogP contribution in [0.4, 0.5) is 0 Å². The molecule has 0 saturated heterocycles. The summed E-state index contributed by atoms with van der Waals surface area (Å²) in [5.74, 6) is 0. The molecule has 2 nitrogen and oxygen atoms in total. The third kappa shape index (κ3) is 15.4. The van der Waals surface area contributed by atoms with Gasteiger partial charge in [-0.3, -0.25) is 0 Å². The molecule has 0 heterocycles. The lowest BCUT2D eigenvalue weighted by molar-refractivity contribution is 0.0834. The van der Waals surface area contributed by atoms with E-state index in [2.05, 4.69) is 25.9 Å². The molecule has 0 fully saturated rings. The first-order chi connectivity index (χ1) is 11.6. The van der Waals surface area contributed by atoms with Crippen LogP contribution >= 0.6 is 0 Å². The average Bonchev–Trinajstić information content (AvgIpc) is 2.53. The number of hydrogen-bond acceptors (Lipinski definition) is 2. The third-order valence-electron chi connectivity index (χ3n) is 5.32. The van der Waals surface area contributed by atoms with E-state index in [9.17, 15) is 5.11 Å². The maximum Gasteiger partial charge on any atom is 0.0667 e. The van der Waals surface area contributed by atoms with Gasteiger partial charge in [-0.15, -0.1) is 0 Å². The fourth-order valence-corrected chi connectivity index (χ4v) is 3.66. The normalized spacial score (nSPS) is 14.2. The molecule has 0 aromatic carbocycles. The second-order valence-electron chi connectivity index (χ2n) is 8.01. The fraction of sp³-hybridized carbons (Fsp3) is 1.00. The molecule has 0 amide bonds. The van der Waals surface area contributed by atoms with E-state index in [1.807, 2.05) is 6.92 Å². The van der Waals surface area contributed by atoms with Crippen LogP contribution in [0.2, 0.25) is 0 Å². The van der Waals surface area contributed by atoms with E-state index in [0.29, 0.717) is 6.04 Å². The Labute approximate surface area is 153 Å². The van der Waals surface area contributed by atoms with Gasteiger partial charge in [0, 0.05) is 6.04 Å². The molecule has 0 aliphatic heterocycles. The van der Waals surface area contributed by atoms with Crippen LogP contribution in [0.1, 0.15) is 117 Å². The summed E-state index contributed by atoms with van der Waals surface area (Å²) in [6.07, 6.45) is 22.1. The molecule has 0 rings (SSSR count). The van der Waals surface area contributed by atoms with Gasteiger partial charge in [0.2, 0.25) is 0 Å². The zero-order chi connectivity index (χ0) is 18.0. The zero-order valence-corrected chi connectivity index (χ0v) is 17.4. The van der Waals surface area contributed by atoms with Gasteiger partial charge in [-0.1, -0.05) is 103 Å². The fourth-order valence-electron chi connectivity index (χ4n) is 3.66. The largest absolute Gasteiger partial charge is 0.392 e. The van der Waals surface area contributed by atoms with E-state index in [4.69, 9.17) is 0 Å². The SMILES string of the molecule is CCCCCCCCCCCCCCCCCC(C(C)O)N(C)C. The topological polar surface area (TPSA) is 23.5 Å². The zero-order valence-electron chi connectivity index (χ0n) is 17.4. The number of hydrogen-bond donors (Lipinski definition) is 1. The van der Waals surface area contributed by atoms with Crippen molar-refractivity contribution in [2.45, 2.75) is 129 Å². The monoisotopic (exact) mass is 341 g/mol. The quantitative estimate of drug-likeness (QED) is 0.285. The summed E-state index contributed by atoms with van der Waals surface area (Å²) >= 11 is 0. The second kappa shape index (κ2) is 17.7. The van der Waals surface area contributed by atoms with Gasteiger partial charge in [-0.25, -0.2) is 0 Å². The van der Waals surface area contributed by atoms with Crippen molar-refractivity contribution in [1.29, 1.82) is 0 Å². The molecule has 24 heavy (non-hydrogen) atoms. The van der Waals surface area contributed by atoms with Gasteiger partial charge in [0.1, 0.15) is 0 Å². The predicted molar refractivity (Wildman–Crippen MR) is 109 cm³/mol. The second-order valence-corrected chi connectivity index (χ2v) is 8.01. The van der Waals surface area contributed by atoms with Crippen molar-refractivity contribution in [3.05, 3.63) is 0 Å². The third-order valence-corrected chi connectivity index (χ3v) is 5.32. The molecule has 0 radical (unpaired) electrons. The molecule has 0 spiro atoms. The van der Waals surface area contributed by atoms with Gasteiger partial charge in [-0.2, -0.15) is 0 Å².